The topological polar surface area (TPSA) is 74.2 Å². The third-order valence-electron chi connectivity index (χ3n) is 4.13. The molecular formula is C15H16N6O. The van der Waals surface area contributed by atoms with E-state index in [4.69, 9.17) is 0 Å². The molecule has 1 N–H and O–H groups in total. The Morgan fingerprint density at radius 3 is 3.05 bits per heavy atom. The first-order valence-electron chi connectivity index (χ1n) is 7.38. The summed E-state index contributed by atoms with van der Waals surface area (Å²) in [4.78, 5) is 29.1. The van der Waals surface area contributed by atoms with E-state index in [9.17, 15) is 4.79 Å². The summed E-state index contributed by atoms with van der Waals surface area (Å²) in [5, 5.41) is 2.86. The van der Waals surface area contributed by atoms with E-state index in [0.717, 1.165) is 37.4 Å². The van der Waals surface area contributed by atoms with E-state index < -0.39 is 0 Å². The van der Waals surface area contributed by atoms with Crippen LogP contribution in [-0.4, -0.2) is 40.1 Å². The molecule has 2 aliphatic rings. The fourth-order valence-electron chi connectivity index (χ4n) is 3.19. The minimum atomic E-state index is -0.179. The molecule has 4 rings (SSSR count). The first-order chi connectivity index (χ1) is 10.8. The van der Waals surface area contributed by atoms with E-state index in [1.807, 2.05) is 12.1 Å². The van der Waals surface area contributed by atoms with Gasteiger partial charge in [-0.3, -0.25) is 4.90 Å². The molecular weight excluding hydrogens is 280 g/mol. The van der Waals surface area contributed by atoms with Crippen molar-refractivity contribution in [2.24, 2.45) is 0 Å². The number of nitrogens with zero attached hydrogens (tertiary/aromatic N) is 5. The minimum absolute atomic E-state index is 0.154. The predicted molar refractivity (Wildman–Crippen MR) is 83.0 cm³/mol. The van der Waals surface area contributed by atoms with E-state index in [1.54, 1.807) is 23.5 Å². The van der Waals surface area contributed by atoms with Crippen molar-refractivity contribution in [2.45, 2.75) is 18.9 Å². The van der Waals surface area contributed by atoms with Crippen molar-refractivity contribution >= 4 is 23.2 Å². The van der Waals surface area contributed by atoms with Crippen molar-refractivity contribution < 1.29 is 4.79 Å². The van der Waals surface area contributed by atoms with Crippen LogP contribution in [0.1, 0.15) is 12.8 Å². The number of anilines is 3. The predicted octanol–water partition coefficient (Wildman–Crippen LogP) is 1.89. The van der Waals surface area contributed by atoms with Gasteiger partial charge in [-0.25, -0.2) is 19.7 Å². The van der Waals surface area contributed by atoms with Crippen molar-refractivity contribution in [3.63, 3.8) is 0 Å². The van der Waals surface area contributed by atoms with Gasteiger partial charge < -0.3 is 10.2 Å². The van der Waals surface area contributed by atoms with Gasteiger partial charge in [0.25, 0.3) is 0 Å². The zero-order valence-corrected chi connectivity index (χ0v) is 12.0. The SMILES string of the molecule is O=C(Nc1cncnc1)N1c2ncccc2N2CCCC1C2. The molecule has 1 saturated heterocycles. The van der Waals surface area contributed by atoms with Crippen LogP contribution >= 0.6 is 0 Å². The lowest BCUT2D eigenvalue weighted by molar-refractivity contribution is 0.252. The van der Waals surface area contributed by atoms with Crippen molar-refractivity contribution in [2.75, 3.05) is 28.2 Å². The molecule has 2 aromatic rings. The largest absolute Gasteiger partial charge is 0.366 e. The number of piperidine rings is 1. The number of carbonyl (C=O) groups excluding carboxylic acids is 1. The Balaban J connectivity index is 1.68. The van der Waals surface area contributed by atoms with Gasteiger partial charge in [-0.15, -0.1) is 0 Å². The second kappa shape index (κ2) is 5.25. The number of aromatic nitrogens is 3. The molecule has 2 bridgehead atoms. The van der Waals surface area contributed by atoms with Crippen molar-refractivity contribution in [1.82, 2.24) is 15.0 Å². The van der Waals surface area contributed by atoms with Gasteiger partial charge in [0, 0.05) is 19.3 Å². The fraction of sp³-hybridized carbons (Fsp3) is 0.333. The lowest BCUT2D eigenvalue weighted by Crippen LogP contribution is -2.56. The van der Waals surface area contributed by atoms with Crippen LogP contribution in [0.25, 0.3) is 0 Å². The van der Waals surface area contributed by atoms with Crippen LogP contribution in [0.3, 0.4) is 0 Å². The Kier molecular flexibility index (Phi) is 3.10. The molecule has 4 heterocycles. The highest BCUT2D eigenvalue weighted by Gasteiger charge is 2.37. The Hall–Kier alpha value is -2.70. The third-order valence-corrected chi connectivity index (χ3v) is 4.13. The molecule has 1 unspecified atom stereocenters. The molecule has 7 heteroatoms. The Morgan fingerprint density at radius 1 is 1.32 bits per heavy atom. The van der Waals surface area contributed by atoms with E-state index in [1.165, 1.54) is 6.33 Å². The van der Waals surface area contributed by atoms with Gasteiger partial charge in [0.15, 0.2) is 5.82 Å². The molecule has 1 fully saturated rings. The first-order valence-corrected chi connectivity index (χ1v) is 7.38. The van der Waals surface area contributed by atoms with Gasteiger partial charge in [0.05, 0.1) is 29.8 Å². The summed E-state index contributed by atoms with van der Waals surface area (Å²) in [6.45, 7) is 1.88. The molecule has 2 aliphatic heterocycles. The second-order valence-corrected chi connectivity index (χ2v) is 5.52. The summed E-state index contributed by atoms with van der Waals surface area (Å²) in [7, 11) is 0. The van der Waals surface area contributed by atoms with Crippen molar-refractivity contribution in [3.8, 4) is 0 Å². The average molecular weight is 296 g/mol. The summed E-state index contributed by atoms with van der Waals surface area (Å²) < 4.78 is 0. The Bertz CT molecular complexity index is 691. The summed E-state index contributed by atoms with van der Waals surface area (Å²) in [6, 6.07) is 3.91. The molecule has 0 spiro atoms. The van der Waals surface area contributed by atoms with E-state index >= 15 is 0 Å². The van der Waals surface area contributed by atoms with Crippen LogP contribution < -0.4 is 15.1 Å². The van der Waals surface area contributed by atoms with E-state index in [2.05, 4.69) is 25.2 Å². The van der Waals surface area contributed by atoms with Crippen molar-refractivity contribution in [1.29, 1.82) is 0 Å². The molecule has 7 nitrogen and oxygen atoms in total. The number of nitrogens with one attached hydrogen (secondary N) is 1. The average Bonchev–Trinajstić information content (AvgIpc) is 2.56. The summed E-state index contributed by atoms with van der Waals surface area (Å²) in [5.41, 5.74) is 1.61. The minimum Gasteiger partial charge on any atom is -0.366 e. The molecule has 112 valence electrons. The van der Waals surface area contributed by atoms with Crippen LogP contribution in [0.2, 0.25) is 0 Å². The van der Waals surface area contributed by atoms with Crippen LogP contribution in [0.5, 0.6) is 0 Å². The third kappa shape index (κ3) is 2.14. The monoisotopic (exact) mass is 296 g/mol. The number of pyridine rings is 1. The van der Waals surface area contributed by atoms with Crippen LogP contribution in [-0.2, 0) is 0 Å². The molecule has 0 aliphatic carbocycles. The number of hydrogen-bond acceptors (Lipinski definition) is 5. The van der Waals surface area contributed by atoms with Gasteiger partial charge in [-0.2, -0.15) is 0 Å². The highest BCUT2D eigenvalue weighted by Crippen LogP contribution is 2.37. The molecule has 1 atom stereocenters. The number of carbonyl (C=O) groups is 1. The molecule has 0 radical (unpaired) electrons. The summed E-state index contributed by atoms with van der Waals surface area (Å²) in [5.74, 6) is 0.729. The first kappa shape index (κ1) is 13.0. The Morgan fingerprint density at radius 2 is 2.18 bits per heavy atom. The zero-order chi connectivity index (χ0) is 14.9. The standard InChI is InChI=1S/C15H16N6O/c22-15(19-11-7-16-10-17-8-11)21-12-3-2-6-20(9-12)13-4-1-5-18-14(13)21/h1,4-5,7-8,10,12H,2-3,6,9H2,(H,19,22). The number of fused-ring (bicyclic) bond motifs is 4. The number of hydrogen-bond donors (Lipinski definition) is 1. The number of urea groups is 1. The van der Waals surface area contributed by atoms with Crippen molar-refractivity contribution in [3.05, 3.63) is 37.1 Å². The highest BCUT2D eigenvalue weighted by molar-refractivity contribution is 6.04. The maximum Gasteiger partial charge on any atom is 0.327 e. The maximum absolute atomic E-state index is 12.7. The van der Waals surface area contributed by atoms with Gasteiger partial charge in [0.1, 0.15) is 6.33 Å². The van der Waals surface area contributed by atoms with E-state index in [-0.39, 0.29) is 12.1 Å². The lowest BCUT2D eigenvalue weighted by Gasteiger charge is -2.45. The van der Waals surface area contributed by atoms with Crippen LogP contribution in [0, 0.1) is 0 Å². The van der Waals surface area contributed by atoms with E-state index in [0.29, 0.717) is 5.69 Å². The quantitative estimate of drug-likeness (QED) is 0.870. The highest BCUT2D eigenvalue weighted by atomic mass is 16.2. The lowest BCUT2D eigenvalue weighted by atomic mass is 10.00. The summed E-state index contributed by atoms with van der Waals surface area (Å²) in [6.07, 6.45) is 8.41. The van der Waals surface area contributed by atoms with Gasteiger partial charge in [-0.1, -0.05) is 0 Å². The van der Waals surface area contributed by atoms with Crippen LogP contribution in [0.4, 0.5) is 22.0 Å². The Labute approximate surface area is 128 Å². The molecule has 2 aromatic heterocycles. The fourth-order valence-corrected chi connectivity index (χ4v) is 3.19. The van der Waals surface area contributed by atoms with Gasteiger partial charge >= 0.3 is 6.03 Å². The molecule has 0 saturated carbocycles. The summed E-state index contributed by atoms with van der Waals surface area (Å²) >= 11 is 0. The van der Waals surface area contributed by atoms with Crippen LogP contribution in [0.15, 0.2) is 37.1 Å². The molecule has 2 amide bonds. The maximum atomic E-state index is 12.7. The van der Waals surface area contributed by atoms with Gasteiger partial charge in [0.2, 0.25) is 0 Å². The zero-order valence-electron chi connectivity index (χ0n) is 12.0. The number of amides is 2. The normalized spacial score (nSPS) is 19.5. The number of rotatable bonds is 1. The molecule has 22 heavy (non-hydrogen) atoms. The smallest absolute Gasteiger partial charge is 0.327 e. The molecule has 0 aromatic carbocycles. The second-order valence-electron chi connectivity index (χ2n) is 5.52. The van der Waals surface area contributed by atoms with Gasteiger partial charge in [-0.05, 0) is 25.0 Å².